The van der Waals surface area contributed by atoms with Crippen LogP contribution >= 0.6 is 0 Å². The van der Waals surface area contributed by atoms with Crippen LogP contribution in [0.4, 0.5) is 9.18 Å². The molecule has 86 valence electrons. The molecular weight excluding hydrogens is 225 g/mol. The molecule has 0 aromatic heterocycles. The Hall–Kier alpha value is -2.42. The normalized spacial score (nSPS) is 19.1. The molecule has 0 bridgehead atoms. The van der Waals surface area contributed by atoms with Crippen molar-refractivity contribution in [2.45, 2.75) is 6.04 Å². The molecule has 1 aliphatic heterocycles. The molecule has 17 heavy (non-hydrogen) atoms. The van der Waals surface area contributed by atoms with Crippen LogP contribution in [0.15, 0.2) is 24.3 Å². The molecule has 0 radical (unpaired) electrons. The van der Waals surface area contributed by atoms with Gasteiger partial charge in [-0.25, -0.2) is 14.1 Å². The van der Waals surface area contributed by atoms with Gasteiger partial charge in [0.05, 0.1) is 6.07 Å². The van der Waals surface area contributed by atoms with Gasteiger partial charge in [-0.15, -0.1) is 0 Å². The second-order valence-electron chi connectivity index (χ2n) is 3.52. The second kappa shape index (κ2) is 4.22. The van der Waals surface area contributed by atoms with Crippen molar-refractivity contribution in [1.29, 1.82) is 5.26 Å². The molecule has 1 heterocycles. The first-order chi connectivity index (χ1) is 8.13. The van der Waals surface area contributed by atoms with Crippen LogP contribution in [0.5, 0.6) is 0 Å². The third-order valence-corrected chi connectivity index (χ3v) is 2.46. The van der Waals surface area contributed by atoms with Gasteiger partial charge in [0.15, 0.2) is 0 Å². The van der Waals surface area contributed by atoms with Gasteiger partial charge in [-0.1, -0.05) is 12.1 Å². The Morgan fingerprint density at radius 1 is 1.35 bits per heavy atom. The molecule has 1 saturated heterocycles. The summed E-state index contributed by atoms with van der Waals surface area (Å²) < 4.78 is 12.7. The highest BCUT2D eigenvalue weighted by Crippen LogP contribution is 2.21. The minimum Gasteiger partial charge on any atom is -0.322 e. The molecule has 0 saturated carbocycles. The van der Waals surface area contributed by atoms with Crippen molar-refractivity contribution in [3.63, 3.8) is 0 Å². The minimum atomic E-state index is -0.837. The van der Waals surface area contributed by atoms with Crippen molar-refractivity contribution in [3.8, 4) is 6.07 Å². The lowest BCUT2D eigenvalue weighted by molar-refractivity contribution is -0.127. The number of imide groups is 1. The lowest BCUT2D eigenvalue weighted by Crippen LogP contribution is -2.31. The summed E-state index contributed by atoms with van der Waals surface area (Å²) in [5.74, 6) is -0.914. The number of carbonyl (C=O) groups excluding carboxylic acids is 2. The Balaban J connectivity index is 2.25. The zero-order valence-corrected chi connectivity index (χ0v) is 8.68. The first-order valence-corrected chi connectivity index (χ1v) is 4.88. The van der Waals surface area contributed by atoms with E-state index >= 15 is 0 Å². The van der Waals surface area contributed by atoms with Crippen molar-refractivity contribution in [2.24, 2.45) is 0 Å². The van der Waals surface area contributed by atoms with Gasteiger partial charge in [-0.3, -0.25) is 4.79 Å². The highest BCUT2D eigenvalue weighted by Gasteiger charge is 2.38. The number of nitrogens with one attached hydrogen (secondary N) is 1. The Labute approximate surface area is 96.4 Å². The lowest BCUT2D eigenvalue weighted by Gasteiger charge is -2.08. The number of rotatable bonds is 2. The van der Waals surface area contributed by atoms with Crippen LogP contribution in [0.3, 0.4) is 0 Å². The first kappa shape index (κ1) is 11.1. The van der Waals surface area contributed by atoms with Crippen molar-refractivity contribution in [1.82, 2.24) is 10.2 Å². The summed E-state index contributed by atoms with van der Waals surface area (Å²) in [6, 6.07) is 5.56. The fourth-order valence-electron chi connectivity index (χ4n) is 1.62. The number of nitriles is 1. The largest absolute Gasteiger partial charge is 0.326 e. The molecule has 1 aromatic rings. The van der Waals surface area contributed by atoms with E-state index < -0.39 is 23.8 Å². The Kier molecular flexibility index (Phi) is 2.75. The monoisotopic (exact) mass is 233 g/mol. The van der Waals surface area contributed by atoms with Crippen LogP contribution in [0.25, 0.3) is 0 Å². The molecule has 1 unspecified atom stereocenters. The summed E-state index contributed by atoms with van der Waals surface area (Å²) in [5, 5.41) is 10.9. The number of hydrogen-bond donors (Lipinski definition) is 1. The molecule has 1 N–H and O–H groups in total. The summed E-state index contributed by atoms with van der Waals surface area (Å²) in [6.07, 6.45) is 0. The van der Waals surface area contributed by atoms with Crippen molar-refractivity contribution in [3.05, 3.63) is 35.6 Å². The molecule has 0 spiro atoms. The van der Waals surface area contributed by atoms with Crippen molar-refractivity contribution in [2.75, 3.05) is 6.54 Å². The van der Waals surface area contributed by atoms with E-state index in [4.69, 9.17) is 5.26 Å². The molecule has 5 nitrogen and oxygen atoms in total. The average molecular weight is 233 g/mol. The highest BCUT2D eigenvalue weighted by atomic mass is 19.1. The van der Waals surface area contributed by atoms with Crippen LogP contribution in [0.2, 0.25) is 0 Å². The molecule has 1 aliphatic rings. The fourth-order valence-corrected chi connectivity index (χ4v) is 1.62. The maximum atomic E-state index is 12.7. The number of nitrogens with zero attached hydrogens (tertiary/aromatic N) is 2. The molecular formula is C11H8FN3O2. The molecule has 1 fully saturated rings. The van der Waals surface area contributed by atoms with Crippen LogP contribution in [-0.4, -0.2) is 23.4 Å². The van der Waals surface area contributed by atoms with Gasteiger partial charge in [0.2, 0.25) is 0 Å². The smallest absolute Gasteiger partial charge is 0.322 e. The van der Waals surface area contributed by atoms with Crippen LogP contribution in [0, 0.1) is 17.1 Å². The van der Waals surface area contributed by atoms with Crippen molar-refractivity contribution < 1.29 is 14.0 Å². The van der Waals surface area contributed by atoms with Gasteiger partial charge >= 0.3 is 6.03 Å². The molecule has 0 aliphatic carbocycles. The van der Waals surface area contributed by atoms with E-state index in [2.05, 4.69) is 5.32 Å². The summed E-state index contributed by atoms with van der Waals surface area (Å²) >= 11 is 0. The SMILES string of the molecule is N#CCN1C(=O)NC(c2ccc(F)cc2)C1=O. The summed E-state index contributed by atoms with van der Waals surface area (Å²) in [7, 11) is 0. The second-order valence-corrected chi connectivity index (χ2v) is 3.52. The Bertz CT molecular complexity index is 506. The number of urea groups is 1. The van der Waals surface area contributed by atoms with Crippen LogP contribution in [0.1, 0.15) is 11.6 Å². The fraction of sp³-hybridized carbons (Fsp3) is 0.182. The van der Waals surface area contributed by atoms with E-state index in [1.165, 1.54) is 24.3 Å². The van der Waals surface area contributed by atoms with Crippen molar-refractivity contribution >= 4 is 11.9 Å². The zero-order chi connectivity index (χ0) is 12.4. The Morgan fingerprint density at radius 3 is 2.59 bits per heavy atom. The third kappa shape index (κ3) is 1.95. The number of benzene rings is 1. The Morgan fingerprint density at radius 2 is 2.00 bits per heavy atom. The maximum absolute atomic E-state index is 12.7. The van der Waals surface area contributed by atoms with E-state index in [1.807, 2.05) is 0 Å². The number of hydrogen-bond acceptors (Lipinski definition) is 3. The van der Waals surface area contributed by atoms with Crippen LogP contribution in [-0.2, 0) is 4.79 Å². The van der Waals surface area contributed by atoms with E-state index in [0.29, 0.717) is 5.56 Å². The zero-order valence-electron chi connectivity index (χ0n) is 8.68. The summed E-state index contributed by atoms with van der Waals surface area (Å²) in [6.45, 7) is -0.289. The van der Waals surface area contributed by atoms with Gasteiger partial charge in [-0.05, 0) is 17.7 Å². The standard InChI is InChI=1S/C11H8FN3O2/c12-8-3-1-7(2-4-8)9-10(16)15(6-5-13)11(17)14-9/h1-4,9H,6H2,(H,14,17). The molecule has 1 aromatic carbocycles. The lowest BCUT2D eigenvalue weighted by atomic mass is 10.1. The topological polar surface area (TPSA) is 73.2 Å². The maximum Gasteiger partial charge on any atom is 0.326 e. The van der Waals surface area contributed by atoms with E-state index in [9.17, 15) is 14.0 Å². The molecule has 2 rings (SSSR count). The molecule has 3 amide bonds. The van der Waals surface area contributed by atoms with E-state index in [1.54, 1.807) is 6.07 Å². The summed E-state index contributed by atoms with van der Waals surface area (Å²) in [5.41, 5.74) is 0.491. The number of amides is 3. The van der Waals surface area contributed by atoms with E-state index in [-0.39, 0.29) is 6.54 Å². The van der Waals surface area contributed by atoms with Gasteiger partial charge in [0, 0.05) is 0 Å². The van der Waals surface area contributed by atoms with E-state index in [0.717, 1.165) is 4.90 Å². The van der Waals surface area contributed by atoms with Gasteiger partial charge in [-0.2, -0.15) is 5.26 Å². The average Bonchev–Trinajstić information content (AvgIpc) is 2.59. The minimum absolute atomic E-state index is 0.289. The van der Waals surface area contributed by atoms with Gasteiger partial charge in [0.1, 0.15) is 18.4 Å². The first-order valence-electron chi connectivity index (χ1n) is 4.88. The quantitative estimate of drug-likeness (QED) is 0.610. The van der Waals surface area contributed by atoms with Gasteiger partial charge < -0.3 is 5.32 Å². The number of halogens is 1. The van der Waals surface area contributed by atoms with Crippen LogP contribution < -0.4 is 5.32 Å². The molecule has 6 heteroatoms. The summed E-state index contributed by atoms with van der Waals surface area (Å²) in [4.78, 5) is 24.0. The third-order valence-electron chi connectivity index (χ3n) is 2.46. The predicted molar refractivity (Wildman–Crippen MR) is 55.0 cm³/mol. The number of carbonyl (C=O) groups is 2. The van der Waals surface area contributed by atoms with Gasteiger partial charge in [0.25, 0.3) is 5.91 Å². The predicted octanol–water partition coefficient (Wildman–Crippen LogP) is 0.942. The highest BCUT2D eigenvalue weighted by molar-refractivity contribution is 6.04. The molecule has 1 atom stereocenters.